The van der Waals surface area contributed by atoms with Gasteiger partial charge in [0, 0.05) is 37.1 Å². The first kappa shape index (κ1) is 22.7. The first-order valence-corrected chi connectivity index (χ1v) is 11.3. The van der Waals surface area contributed by atoms with Crippen LogP contribution in [-0.4, -0.2) is 35.5 Å². The van der Waals surface area contributed by atoms with Crippen LogP contribution in [0.25, 0.3) is 0 Å². The van der Waals surface area contributed by atoms with Gasteiger partial charge in [0.2, 0.25) is 5.91 Å². The molecule has 3 atom stereocenters. The Bertz CT molecular complexity index is 873. The number of aliphatic hydroxyl groups is 1. The molecule has 0 radical (unpaired) electrons. The van der Waals surface area contributed by atoms with Crippen LogP contribution in [0.3, 0.4) is 0 Å². The van der Waals surface area contributed by atoms with E-state index in [1.807, 2.05) is 11.8 Å². The maximum absolute atomic E-state index is 13.5. The lowest BCUT2D eigenvalue weighted by molar-refractivity contribution is -0.120. The lowest BCUT2D eigenvalue weighted by atomic mass is 9.97. The second-order valence-electron chi connectivity index (χ2n) is 7.72. The van der Waals surface area contributed by atoms with Gasteiger partial charge >= 0.3 is 0 Å². The molecule has 0 fully saturated rings. The molecule has 0 spiro atoms. The summed E-state index contributed by atoms with van der Waals surface area (Å²) in [5.41, 5.74) is 4.21. The van der Waals surface area contributed by atoms with Crippen LogP contribution in [0.2, 0.25) is 0 Å². The van der Waals surface area contributed by atoms with Crippen LogP contribution in [0.15, 0.2) is 36.4 Å². The van der Waals surface area contributed by atoms with Gasteiger partial charge in [0.05, 0.1) is 12.1 Å². The van der Waals surface area contributed by atoms with Gasteiger partial charge in [-0.1, -0.05) is 25.1 Å². The Morgan fingerprint density at radius 2 is 1.93 bits per heavy atom. The Hall–Kier alpha value is -1.96. The molecule has 1 aliphatic rings. The van der Waals surface area contributed by atoms with Crippen LogP contribution in [0.4, 0.5) is 8.78 Å². The summed E-state index contributed by atoms with van der Waals surface area (Å²) in [6, 6.07) is 9.23. The minimum absolute atomic E-state index is 0.101. The van der Waals surface area contributed by atoms with E-state index in [1.165, 1.54) is 35.7 Å². The van der Waals surface area contributed by atoms with Crippen LogP contribution < -0.4 is 10.6 Å². The number of fused-ring (bicyclic) bond motifs is 1. The summed E-state index contributed by atoms with van der Waals surface area (Å²) in [5.74, 6) is 0.206. The van der Waals surface area contributed by atoms with Gasteiger partial charge in [-0.25, -0.2) is 8.78 Å². The molecular formula is C23H28F2N2O2S. The number of carbonyl (C=O) groups is 1. The van der Waals surface area contributed by atoms with Crippen molar-refractivity contribution in [1.82, 2.24) is 10.6 Å². The van der Waals surface area contributed by atoms with E-state index in [1.54, 1.807) is 0 Å². The van der Waals surface area contributed by atoms with Crippen LogP contribution in [0, 0.1) is 11.6 Å². The number of halogens is 2. The average Bonchev–Trinajstić information content (AvgIpc) is 2.70. The molecule has 0 aromatic heterocycles. The second kappa shape index (κ2) is 10.4. The van der Waals surface area contributed by atoms with Crippen molar-refractivity contribution in [2.24, 2.45) is 0 Å². The molecule has 1 unspecified atom stereocenters. The fourth-order valence-corrected chi connectivity index (χ4v) is 4.93. The highest BCUT2D eigenvalue weighted by atomic mass is 32.2. The maximum Gasteiger partial charge on any atom is 0.217 e. The molecule has 0 bridgehead atoms. The lowest BCUT2D eigenvalue weighted by Crippen LogP contribution is -2.49. The van der Waals surface area contributed by atoms with Gasteiger partial charge in [-0.3, -0.25) is 4.79 Å². The third-order valence-electron chi connectivity index (χ3n) is 5.34. The third kappa shape index (κ3) is 6.03. The topological polar surface area (TPSA) is 61.4 Å². The van der Waals surface area contributed by atoms with Gasteiger partial charge in [0.15, 0.2) is 0 Å². The Morgan fingerprint density at radius 3 is 2.60 bits per heavy atom. The normalized spacial score (nSPS) is 17.8. The summed E-state index contributed by atoms with van der Waals surface area (Å²) in [6.07, 6.45) is 0.183. The minimum atomic E-state index is -0.912. The zero-order valence-corrected chi connectivity index (χ0v) is 18.1. The fourth-order valence-electron chi connectivity index (χ4n) is 3.80. The van der Waals surface area contributed by atoms with Crippen molar-refractivity contribution >= 4 is 17.7 Å². The molecule has 2 aromatic carbocycles. The molecule has 4 nitrogen and oxygen atoms in total. The van der Waals surface area contributed by atoms with E-state index >= 15 is 0 Å². The first-order chi connectivity index (χ1) is 14.4. The molecule has 30 heavy (non-hydrogen) atoms. The number of amides is 1. The molecule has 3 N–H and O–H groups in total. The van der Waals surface area contributed by atoms with E-state index in [0.29, 0.717) is 5.56 Å². The van der Waals surface area contributed by atoms with Crippen LogP contribution in [0.5, 0.6) is 0 Å². The summed E-state index contributed by atoms with van der Waals surface area (Å²) in [4.78, 5) is 11.6. The van der Waals surface area contributed by atoms with Gasteiger partial charge in [0.25, 0.3) is 0 Å². The third-order valence-corrected chi connectivity index (χ3v) is 6.42. The van der Waals surface area contributed by atoms with E-state index in [4.69, 9.17) is 0 Å². The highest BCUT2D eigenvalue weighted by Crippen LogP contribution is 2.32. The van der Waals surface area contributed by atoms with Crippen LogP contribution >= 0.6 is 11.8 Å². The average molecular weight is 435 g/mol. The Balaban J connectivity index is 1.69. The smallest absolute Gasteiger partial charge is 0.217 e. The van der Waals surface area contributed by atoms with Gasteiger partial charge in [-0.15, -0.1) is 0 Å². The number of carbonyl (C=O) groups excluding carboxylic acids is 1. The minimum Gasteiger partial charge on any atom is -0.390 e. The number of hydrogen-bond acceptors (Lipinski definition) is 4. The van der Waals surface area contributed by atoms with Crippen molar-refractivity contribution in [3.8, 4) is 0 Å². The van der Waals surface area contributed by atoms with Crippen molar-refractivity contribution in [2.75, 3.05) is 12.3 Å². The molecule has 162 valence electrons. The standard InChI is InChI=1S/C23H28F2N2O2S/c1-3-15-4-5-17-12-30-13-22(20(17)8-15)26-11-23(29)21(27-14(2)28)9-16-6-18(24)10-19(25)7-16/h4-8,10,21-23,26,29H,3,9,11-13H2,1-2H3,(H,27,28)/t21-,22?,23-/m0/s1. The number of aliphatic hydroxyl groups excluding tert-OH is 1. The maximum atomic E-state index is 13.5. The van der Waals surface area contributed by atoms with Crippen molar-refractivity contribution in [1.29, 1.82) is 0 Å². The summed E-state index contributed by atoms with van der Waals surface area (Å²) in [5, 5.41) is 16.9. The highest BCUT2D eigenvalue weighted by molar-refractivity contribution is 7.98. The number of aryl methyl sites for hydroxylation is 1. The number of hydrogen-bond donors (Lipinski definition) is 3. The molecule has 3 rings (SSSR count). The van der Waals surface area contributed by atoms with Gasteiger partial charge in [0.1, 0.15) is 11.6 Å². The molecule has 1 aliphatic heterocycles. The van der Waals surface area contributed by atoms with Crippen LogP contribution in [-0.2, 0) is 23.4 Å². The van der Waals surface area contributed by atoms with Crippen molar-refractivity contribution in [2.45, 2.75) is 50.6 Å². The SMILES string of the molecule is CCc1ccc2c(c1)C(NC[C@H](O)[C@H](Cc1cc(F)cc(F)c1)NC(C)=O)CSC2. The molecular weight excluding hydrogens is 406 g/mol. The molecule has 0 saturated heterocycles. The summed E-state index contributed by atoms with van der Waals surface area (Å²) in [7, 11) is 0. The fraction of sp³-hybridized carbons (Fsp3) is 0.435. The van der Waals surface area contributed by atoms with Crippen molar-refractivity contribution < 1.29 is 18.7 Å². The van der Waals surface area contributed by atoms with Gasteiger partial charge in [-0.05, 0) is 47.2 Å². The lowest BCUT2D eigenvalue weighted by Gasteiger charge is -2.30. The molecule has 2 aromatic rings. The summed E-state index contributed by atoms with van der Waals surface area (Å²) >= 11 is 1.84. The van der Waals surface area contributed by atoms with Crippen molar-refractivity contribution in [3.05, 3.63) is 70.3 Å². The number of benzene rings is 2. The highest BCUT2D eigenvalue weighted by Gasteiger charge is 2.25. The van der Waals surface area contributed by atoms with Gasteiger partial charge < -0.3 is 15.7 Å². The monoisotopic (exact) mass is 434 g/mol. The quantitative estimate of drug-likeness (QED) is 0.595. The second-order valence-corrected chi connectivity index (χ2v) is 8.75. The van der Waals surface area contributed by atoms with Crippen molar-refractivity contribution in [3.63, 3.8) is 0 Å². The molecule has 1 heterocycles. The Morgan fingerprint density at radius 1 is 1.20 bits per heavy atom. The van der Waals surface area contributed by atoms with Gasteiger partial charge in [-0.2, -0.15) is 11.8 Å². The predicted octanol–water partition coefficient (Wildman–Crippen LogP) is 3.51. The molecule has 1 amide bonds. The number of thioether (sulfide) groups is 1. The largest absolute Gasteiger partial charge is 0.390 e. The Kier molecular flexibility index (Phi) is 7.86. The van der Waals surface area contributed by atoms with E-state index in [-0.39, 0.29) is 24.9 Å². The Labute approximate surface area is 180 Å². The zero-order valence-electron chi connectivity index (χ0n) is 17.3. The molecule has 0 aliphatic carbocycles. The van der Waals surface area contributed by atoms with E-state index in [9.17, 15) is 18.7 Å². The van der Waals surface area contributed by atoms with E-state index < -0.39 is 23.8 Å². The first-order valence-electron chi connectivity index (χ1n) is 10.2. The summed E-state index contributed by atoms with van der Waals surface area (Å²) < 4.78 is 27.1. The zero-order chi connectivity index (χ0) is 21.7. The molecule has 0 saturated carbocycles. The predicted molar refractivity (Wildman–Crippen MR) is 116 cm³/mol. The van der Waals surface area contributed by atoms with Crippen LogP contribution in [0.1, 0.15) is 42.1 Å². The number of nitrogens with one attached hydrogen (secondary N) is 2. The van der Waals surface area contributed by atoms with E-state index in [0.717, 1.165) is 24.0 Å². The van der Waals surface area contributed by atoms with E-state index in [2.05, 4.69) is 35.8 Å². The molecule has 7 heteroatoms. The summed E-state index contributed by atoms with van der Waals surface area (Å²) in [6.45, 7) is 3.74. The number of rotatable bonds is 8.